The van der Waals surface area contributed by atoms with Gasteiger partial charge in [0, 0.05) is 29.3 Å². The predicted molar refractivity (Wildman–Crippen MR) is 68.4 cm³/mol. The molecule has 0 aliphatic heterocycles. The van der Waals surface area contributed by atoms with E-state index in [4.69, 9.17) is 0 Å². The first-order valence-electron chi connectivity index (χ1n) is 5.00. The van der Waals surface area contributed by atoms with Gasteiger partial charge in [0.25, 0.3) is 0 Å². The van der Waals surface area contributed by atoms with Crippen LogP contribution in [0.15, 0.2) is 20.4 Å². The summed E-state index contributed by atoms with van der Waals surface area (Å²) >= 11 is 0. The SMILES string of the molecule is CC(C)=N/N=C(/C)C/C(C)=N/N=C(C)C. The van der Waals surface area contributed by atoms with E-state index in [1.54, 1.807) is 0 Å². The Morgan fingerprint density at radius 1 is 0.600 bits per heavy atom. The first-order chi connectivity index (χ1) is 6.91. The van der Waals surface area contributed by atoms with Crippen molar-refractivity contribution in [2.45, 2.75) is 48.0 Å². The summed E-state index contributed by atoms with van der Waals surface area (Å²) < 4.78 is 0. The molecule has 0 aliphatic carbocycles. The predicted octanol–water partition coefficient (Wildman–Crippen LogP) is 3.09. The van der Waals surface area contributed by atoms with E-state index in [1.165, 1.54) is 0 Å². The molecule has 15 heavy (non-hydrogen) atoms. The maximum atomic E-state index is 4.07. The van der Waals surface area contributed by atoms with Crippen molar-refractivity contribution >= 4 is 22.8 Å². The average molecular weight is 208 g/mol. The van der Waals surface area contributed by atoms with Crippen molar-refractivity contribution in [3.63, 3.8) is 0 Å². The molecule has 0 fully saturated rings. The van der Waals surface area contributed by atoms with Gasteiger partial charge < -0.3 is 0 Å². The van der Waals surface area contributed by atoms with Crippen molar-refractivity contribution in [3.8, 4) is 0 Å². The van der Waals surface area contributed by atoms with Gasteiger partial charge >= 0.3 is 0 Å². The molecule has 0 N–H and O–H groups in total. The molecule has 0 bridgehead atoms. The molecular formula is C11H20N4. The van der Waals surface area contributed by atoms with E-state index in [0.29, 0.717) is 6.42 Å². The van der Waals surface area contributed by atoms with Gasteiger partial charge in [-0.1, -0.05) is 0 Å². The Bertz CT molecular complexity index is 281. The van der Waals surface area contributed by atoms with E-state index < -0.39 is 0 Å². The lowest BCUT2D eigenvalue weighted by Gasteiger charge is -1.96. The fourth-order valence-electron chi connectivity index (χ4n) is 0.812. The highest BCUT2D eigenvalue weighted by Gasteiger charge is 1.95. The Labute approximate surface area is 91.9 Å². The molecule has 0 aromatic rings. The lowest BCUT2D eigenvalue weighted by Crippen LogP contribution is -2.00. The molecule has 84 valence electrons. The summed E-state index contributed by atoms with van der Waals surface area (Å²) in [5.41, 5.74) is 3.79. The summed E-state index contributed by atoms with van der Waals surface area (Å²) in [4.78, 5) is 0. The molecule has 0 amide bonds. The molecule has 0 atom stereocenters. The smallest absolute Gasteiger partial charge is 0.0431 e. The van der Waals surface area contributed by atoms with E-state index in [1.807, 2.05) is 41.5 Å². The Morgan fingerprint density at radius 3 is 1.20 bits per heavy atom. The Balaban J connectivity index is 4.36. The van der Waals surface area contributed by atoms with Crippen molar-refractivity contribution < 1.29 is 0 Å². The summed E-state index contributed by atoms with van der Waals surface area (Å²) in [5, 5.41) is 16.1. The van der Waals surface area contributed by atoms with Gasteiger partial charge in [0.2, 0.25) is 0 Å². The lowest BCUT2D eigenvalue weighted by atomic mass is 10.2. The lowest BCUT2D eigenvalue weighted by molar-refractivity contribution is 1.16. The van der Waals surface area contributed by atoms with Crippen LogP contribution < -0.4 is 0 Å². The molecule has 0 aromatic heterocycles. The number of rotatable bonds is 4. The number of hydrogen-bond acceptors (Lipinski definition) is 4. The minimum atomic E-state index is 0.716. The molecule has 0 saturated carbocycles. The largest absolute Gasteiger partial charge is 0.161 e. The molecule has 4 nitrogen and oxygen atoms in total. The average Bonchev–Trinajstić information content (AvgIpc) is 2.11. The highest BCUT2D eigenvalue weighted by molar-refractivity contribution is 6.02. The molecule has 0 unspecified atom stereocenters. The van der Waals surface area contributed by atoms with Gasteiger partial charge in [-0.2, -0.15) is 20.4 Å². The maximum Gasteiger partial charge on any atom is 0.0431 e. The van der Waals surface area contributed by atoms with Gasteiger partial charge in [-0.05, 0) is 41.5 Å². The van der Waals surface area contributed by atoms with E-state index in [-0.39, 0.29) is 0 Å². The van der Waals surface area contributed by atoms with Crippen LogP contribution in [-0.2, 0) is 0 Å². The fraction of sp³-hybridized carbons (Fsp3) is 0.636. The van der Waals surface area contributed by atoms with Crippen LogP contribution in [0.4, 0.5) is 0 Å². The number of hydrogen-bond donors (Lipinski definition) is 0. The second-order valence-corrected chi connectivity index (χ2v) is 3.94. The zero-order chi connectivity index (χ0) is 11.8. The summed E-state index contributed by atoms with van der Waals surface area (Å²) in [6.45, 7) is 11.6. The van der Waals surface area contributed by atoms with E-state index in [0.717, 1.165) is 22.8 Å². The molecule has 0 aromatic carbocycles. The van der Waals surface area contributed by atoms with Crippen LogP contribution in [0.25, 0.3) is 0 Å². The molecular weight excluding hydrogens is 188 g/mol. The summed E-state index contributed by atoms with van der Waals surface area (Å²) in [7, 11) is 0. The van der Waals surface area contributed by atoms with Crippen molar-refractivity contribution in [2.75, 3.05) is 0 Å². The van der Waals surface area contributed by atoms with Gasteiger partial charge in [0.1, 0.15) is 0 Å². The quantitative estimate of drug-likeness (QED) is 0.503. The van der Waals surface area contributed by atoms with Gasteiger partial charge in [-0.3, -0.25) is 0 Å². The Kier molecular flexibility index (Phi) is 6.42. The van der Waals surface area contributed by atoms with Crippen LogP contribution in [0.1, 0.15) is 48.0 Å². The van der Waals surface area contributed by atoms with Crippen LogP contribution in [0.2, 0.25) is 0 Å². The van der Waals surface area contributed by atoms with Crippen LogP contribution in [0.5, 0.6) is 0 Å². The fourth-order valence-corrected chi connectivity index (χ4v) is 0.812. The topological polar surface area (TPSA) is 49.4 Å². The minimum Gasteiger partial charge on any atom is -0.161 e. The Hall–Kier alpha value is -1.32. The second kappa shape index (κ2) is 7.04. The molecule has 0 radical (unpaired) electrons. The monoisotopic (exact) mass is 208 g/mol. The minimum absolute atomic E-state index is 0.716. The van der Waals surface area contributed by atoms with Crippen LogP contribution in [0, 0.1) is 0 Å². The number of nitrogens with zero attached hydrogens (tertiary/aromatic N) is 4. The standard InChI is InChI=1S/C11H20N4/c1-8(2)12-14-10(5)7-11(6)15-13-9(3)4/h7H2,1-6H3/b14-10-,15-11+. The van der Waals surface area contributed by atoms with Crippen molar-refractivity contribution in [1.82, 2.24) is 0 Å². The van der Waals surface area contributed by atoms with E-state index >= 15 is 0 Å². The van der Waals surface area contributed by atoms with Crippen LogP contribution >= 0.6 is 0 Å². The highest BCUT2D eigenvalue weighted by Crippen LogP contribution is 1.93. The van der Waals surface area contributed by atoms with E-state index in [9.17, 15) is 0 Å². The second-order valence-electron chi connectivity index (χ2n) is 3.94. The molecule has 0 heterocycles. The highest BCUT2D eigenvalue weighted by atomic mass is 15.2. The molecule has 0 saturated heterocycles. The first-order valence-corrected chi connectivity index (χ1v) is 5.00. The molecule has 0 rings (SSSR count). The zero-order valence-corrected chi connectivity index (χ0v) is 10.5. The third-order valence-electron chi connectivity index (χ3n) is 1.35. The summed E-state index contributed by atoms with van der Waals surface area (Å²) in [6, 6.07) is 0. The van der Waals surface area contributed by atoms with Gasteiger partial charge in [-0.15, -0.1) is 0 Å². The van der Waals surface area contributed by atoms with Gasteiger partial charge in [0.05, 0.1) is 0 Å². The van der Waals surface area contributed by atoms with Crippen molar-refractivity contribution in [1.29, 1.82) is 0 Å². The van der Waals surface area contributed by atoms with Crippen LogP contribution in [-0.4, -0.2) is 22.8 Å². The summed E-state index contributed by atoms with van der Waals surface area (Å²) in [6.07, 6.45) is 0.716. The van der Waals surface area contributed by atoms with Crippen molar-refractivity contribution in [3.05, 3.63) is 0 Å². The van der Waals surface area contributed by atoms with Gasteiger partial charge in [-0.25, -0.2) is 0 Å². The van der Waals surface area contributed by atoms with Crippen LogP contribution in [0.3, 0.4) is 0 Å². The first kappa shape index (κ1) is 13.7. The third kappa shape index (κ3) is 9.00. The zero-order valence-electron chi connectivity index (χ0n) is 10.5. The third-order valence-corrected chi connectivity index (χ3v) is 1.35. The molecule has 0 spiro atoms. The maximum absolute atomic E-state index is 4.07. The summed E-state index contributed by atoms with van der Waals surface area (Å²) in [5.74, 6) is 0. The Morgan fingerprint density at radius 2 is 0.933 bits per heavy atom. The van der Waals surface area contributed by atoms with Gasteiger partial charge in [0.15, 0.2) is 0 Å². The molecule has 4 heteroatoms. The normalized spacial score (nSPS) is 12.4. The molecule has 0 aliphatic rings. The van der Waals surface area contributed by atoms with E-state index in [2.05, 4.69) is 20.4 Å². The van der Waals surface area contributed by atoms with Crippen molar-refractivity contribution in [2.24, 2.45) is 20.4 Å².